The highest BCUT2D eigenvalue weighted by molar-refractivity contribution is 5.27. The van der Waals surface area contributed by atoms with Crippen molar-refractivity contribution < 1.29 is 39.5 Å². The normalized spacial score (nSPS) is 9.54. The Balaban J connectivity index is 0.000000439. The van der Waals surface area contributed by atoms with E-state index in [0.29, 0.717) is 16.7 Å². The molecule has 0 N–H and O–H groups in total. The van der Waals surface area contributed by atoms with Crippen LogP contribution in [0, 0.1) is 156 Å². The third-order valence-electron chi connectivity index (χ3n) is 11.3. The number of hydrogen-bond donors (Lipinski definition) is 0. The first-order valence-electron chi connectivity index (χ1n) is 25.1. The second kappa shape index (κ2) is 36.4. The van der Waals surface area contributed by atoms with Crippen molar-refractivity contribution in [2.45, 2.75) is 104 Å². The SMILES string of the molecule is Cc1ccc(C)c(F)c1.Cc1ccc(C)c(F)c1.Cc1ccc(F)c(C)c1.Cc1ccc(F)c(C)c1.Cc1ccc(F)cc1.Cc1ccc(F)cc1C.Cc1ccc(F)cc1C.Cc1cccc(F)c1.Cc1ccccc1F. The average molecular weight is 1080 g/mol. The van der Waals surface area contributed by atoms with Gasteiger partial charge in [-0.25, -0.2) is 39.5 Å². The summed E-state index contributed by atoms with van der Waals surface area (Å²) in [7, 11) is 0. The molecule has 0 aliphatic heterocycles. The van der Waals surface area contributed by atoms with E-state index in [1.165, 1.54) is 78.9 Å². The Labute approximate surface area is 459 Å². The van der Waals surface area contributed by atoms with Crippen molar-refractivity contribution in [2.24, 2.45) is 0 Å². The molecule has 0 radical (unpaired) electrons. The largest absolute Gasteiger partial charge is 0.207 e. The summed E-state index contributed by atoms with van der Waals surface area (Å²) in [5.41, 5.74) is 14.0. The van der Waals surface area contributed by atoms with Crippen molar-refractivity contribution in [2.75, 3.05) is 0 Å². The Bertz CT molecular complexity index is 2730. The average Bonchev–Trinajstić information content (AvgIpc) is 3.37. The van der Waals surface area contributed by atoms with Gasteiger partial charge in [0.1, 0.15) is 52.4 Å². The smallest absolute Gasteiger partial charge is 0.126 e. The fourth-order valence-corrected chi connectivity index (χ4v) is 6.08. The Kier molecular flexibility index (Phi) is 31.9. The molecule has 9 rings (SSSR count). The molecular formula is C69H75F9. The number of benzene rings is 9. The number of halogens is 9. The second-order valence-corrected chi connectivity index (χ2v) is 18.8. The van der Waals surface area contributed by atoms with E-state index in [4.69, 9.17) is 0 Å². The Hall–Kier alpha value is -7.65. The monoisotopic (exact) mass is 1070 g/mol. The highest BCUT2D eigenvalue weighted by Gasteiger charge is 1.97. The summed E-state index contributed by atoms with van der Waals surface area (Å²) in [5, 5.41) is 0. The predicted octanol–water partition coefficient (Wildman–Crippen LogP) is 21.1. The maximum Gasteiger partial charge on any atom is 0.126 e. The molecule has 0 saturated carbocycles. The van der Waals surface area contributed by atoms with Crippen LogP contribution in [0.25, 0.3) is 0 Å². The van der Waals surface area contributed by atoms with E-state index in [9.17, 15) is 39.5 Å². The van der Waals surface area contributed by atoms with Crippen LogP contribution in [-0.2, 0) is 0 Å². The second-order valence-electron chi connectivity index (χ2n) is 18.8. The zero-order valence-corrected chi connectivity index (χ0v) is 47.7. The quantitative estimate of drug-likeness (QED) is 0.133. The minimum atomic E-state index is -0.171. The molecule has 9 aromatic rings. The maximum absolute atomic E-state index is 12.6. The first-order valence-corrected chi connectivity index (χ1v) is 25.1. The van der Waals surface area contributed by atoms with Crippen LogP contribution in [0.1, 0.15) is 83.5 Å². The lowest BCUT2D eigenvalue weighted by Crippen LogP contribution is -1.81. The fraction of sp³-hybridized carbons (Fsp3) is 0.217. The molecule has 0 fully saturated rings. The van der Waals surface area contributed by atoms with Gasteiger partial charge in [-0.3, -0.25) is 0 Å². The predicted molar refractivity (Wildman–Crippen MR) is 309 cm³/mol. The maximum atomic E-state index is 12.6. The van der Waals surface area contributed by atoms with Gasteiger partial charge in [-0.2, -0.15) is 0 Å². The minimum Gasteiger partial charge on any atom is -0.207 e. The van der Waals surface area contributed by atoms with E-state index >= 15 is 0 Å². The third kappa shape index (κ3) is 30.2. The Morgan fingerprint density at radius 2 is 0.474 bits per heavy atom. The minimum absolute atomic E-state index is 0.116. The third-order valence-corrected chi connectivity index (χ3v) is 11.3. The van der Waals surface area contributed by atoms with Crippen LogP contribution < -0.4 is 0 Å². The first-order chi connectivity index (χ1) is 36.6. The van der Waals surface area contributed by atoms with E-state index in [1.807, 2.05) is 106 Å². The van der Waals surface area contributed by atoms with Crippen LogP contribution in [0.2, 0.25) is 0 Å². The molecule has 0 aromatic heterocycles. The number of rotatable bonds is 0. The van der Waals surface area contributed by atoms with Gasteiger partial charge >= 0.3 is 0 Å². The number of aryl methyl sites for hydroxylation is 15. The summed E-state index contributed by atoms with van der Waals surface area (Å²) in [5.74, 6) is -1.25. The van der Waals surface area contributed by atoms with Gasteiger partial charge in [-0.05, 0) is 249 Å². The van der Waals surface area contributed by atoms with E-state index in [0.717, 1.165) is 66.8 Å². The summed E-state index contributed by atoms with van der Waals surface area (Å²) in [6.07, 6.45) is 0. The summed E-state index contributed by atoms with van der Waals surface area (Å²) in [6, 6.07) is 49.8. The van der Waals surface area contributed by atoms with Gasteiger partial charge in [0.2, 0.25) is 0 Å². The van der Waals surface area contributed by atoms with Crippen LogP contribution in [0.4, 0.5) is 39.5 Å². The molecule has 9 heteroatoms. The van der Waals surface area contributed by atoms with Crippen molar-refractivity contribution in [1.29, 1.82) is 0 Å². The topological polar surface area (TPSA) is 0 Å². The van der Waals surface area contributed by atoms with Crippen LogP contribution in [0.15, 0.2) is 182 Å². The lowest BCUT2D eigenvalue weighted by Gasteiger charge is -1.96. The molecule has 9 aromatic carbocycles. The van der Waals surface area contributed by atoms with E-state index in [2.05, 4.69) is 0 Å². The van der Waals surface area contributed by atoms with Gasteiger partial charge in [0, 0.05) is 0 Å². The summed E-state index contributed by atoms with van der Waals surface area (Å²) in [6.45, 7) is 28.0. The van der Waals surface area contributed by atoms with Gasteiger partial charge in [-0.15, -0.1) is 0 Å². The highest BCUT2D eigenvalue weighted by atomic mass is 19.2. The van der Waals surface area contributed by atoms with Gasteiger partial charge in [0.25, 0.3) is 0 Å². The zero-order valence-electron chi connectivity index (χ0n) is 47.7. The van der Waals surface area contributed by atoms with Gasteiger partial charge in [0.15, 0.2) is 0 Å². The van der Waals surface area contributed by atoms with Crippen LogP contribution in [-0.4, -0.2) is 0 Å². The molecular weight excluding hydrogens is 1000 g/mol. The van der Waals surface area contributed by atoms with Gasteiger partial charge in [0.05, 0.1) is 0 Å². The zero-order chi connectivity index (χ0) is 59.1. The first kappa shape index (κ1) is 68.4. The molecule has 414 valence electrons. The molecule has 0 spiro atoms. The molecule has 0 unspecified atom stereocenters. The Morgan fingerprint density at radius 3 is 0.744 bits per heavy atom. The highest BCUT2D eigenvalue weighted by Crippen LogP contribution is 2.12. The molecule has 0 heterocycles. The van der Waals surface area contributed by atoms with Crippen LogP contribution in [0.3, 0.4) is 0 Å². The van der Waals surface area contributed by atoms with E-state index in [1.54, 1.807) is 101 Å². The molecule has 0 nitrogen and oxygen atoms in total. The van der Waals surface area contributed by atoms with E-state index < -0.39 is 0 Å². The van der Waals surface area contributed by atoms with Crippen molar-refractivity contribution in [3.05, 3.63) is 318 Å². The lowest BCUT2D eigenvalue weighted by atomic mass is 10.1. The molecule has 0 atom stereocenters. The van der Waals surface area contributed by atoms with E-state index in [-0.39, 0.29) is 52.4 Å². The van der Waals surface area contributed by atoms with Crippen molar-refractivity contribution in [1.82, 2.24) is 0 Å². The molecule has 0 saturated heterocycles. The fourth-order valence-electron chi connectivity index (χ4n) is 6.08. The summed E-state index contributed by atoms with van der Waals surface area (Å²) < 4.78 is 111. The van der Waals surface area contributed by atoms with Crippen LogP contribution >= 0.6 is 0 Å². The van der Waals surface area contributed by atoms with Crippen molar-refractivity contribution in [3.8, 4) is 0 Å². The molecule has 0 amide bonds. The van der Waals surface area contributed by atoms with Crippen LogP contribution in [0.5, 0.6) is 0 Å². The van der Waals surface area contributed by atoms with Crippen molar-refractivity contribution in [3.63, 3.8) is 0 Å². The van der Waals surface area contributed by atoms with Gasteiger partial charge < -0.3 is 0 Å². The van der Waals surface area contributed by atoms with Gasteiger partial charge in [-0.1, -0.05) is 120 Å². The molecule has 0 aliphatic carbocycles. The molecule has 0 bridgehead atoms. The van der Waals surface area contributed by atoms with Crippen molar-refractivity contribution >= 4 is 0 Å². The standard InChI is InChI=1S/6C8H9F.3C7H7F/c2*1-6-3-4-8(9)5-7(6)2;2*1-6-3-4-8(9)7(2)5-6;2*1-6-3-4-7(2)8(9)5-6;1-6-2-4-7(8)5-3-6;1-6-3-2-4-7(8)5-6;1-6-4-2-3-5-7(6)8/h6*3-5H,1-2H3;3*2-5H,1H3. The summed E-state index contributed by atoms with van der Waals surface area (Å²) in [4.78, 5) is 0. The molecule has 78 heavy (non-hydrogen) atoms. The molecule has 0 aliphatic rings. The summed E-state index contributed by atoms with van der Waals surface area (Å²) >= 11 is 0. The number of hydrogen-bond acceptors (Lipinski definition) is 0. The lowest BCUT2D eigenvalue weighted by molar-refractivity contribution is 0.617. The Morgan fingerprint density at radius 1 is 0.167 bits per heavy atom.